The van der Waals surface area contributed by atoms with Gasteiger partial charge in [-0.15, -0.1) is 0 Å². The molecule has 0 bridgehead atoms. The Labute approximate surface area is 131 Å². The van der Waals surface area contributed by atoms with Gasteiger partial charge in [0.1, 0.15) is 11.5 Å². The number of methoxy groups -OCH3 is 2. The fourth-order valence-corrected chi connectivity index (χ4v) is 3.10. The van der Waals surface area contributed by atoms with E-state index in [0.717, 1.165) is 17.9 Å². The Bertz CT molecular complexity index is 800. The largest absolute Gasteiger partial charge is 0.497 e. The molecule has 0 fully saturated rings. The van der Waals surface area contributed by atoms with Crippen molar-refractivity contribution in [2.24, 2.45) is 7.05 Å². The third-order valence-corrected chi connectivity index (χ3v) is 4.23. The van der Waals surface area contributed by atoms with Gasteiger partial charge in [0.25, 0.3) is 0 Å². The van der Waals surface area contributed by atoms with E-state index in [0.29, 0.717) is 0 Å². The van der Waals surface area contributed by atoms with Crippen LogP contribution < -0.4 is 9.47 Å². The molecule has 0 spiro atoms. The second-order valence-corrected chi connectivity index (χ2v) is 5.35. The van der Waals surface area contributed by atoms with Gasteiger partial charge in [-0.3, -0.25) is 0 Å². The average Bonchev–Trinajstić information content (AvgIpc) is 2.86. The van der Waals surface area contributed by atoms with Crippen LogP contribution in [0.25, 0.3) is 22.2 Å². The highest BCUT2D eigenvalue weighted by molar-refractivity contribution is 5.92. The first-order valence-electron chi connectivity index (χ1n) is 7.49. The Morgan fingerprint density at radius 3 is 2.14 bits per heavy atom. The van der Waals surface area contributed by atoms with E-state index in [-0.39, 0.29) is 0 Å². The molecule has 3 nitrogen and oxygen atoms in total. The number of ether oxygens (including phenoxy) is 2. The van der Waals surface area contributed by atoms with E-state index >= 15 is 0 Å². The molecule has 0 saturated heterocycles. The Kier molecular flexibility index (Phi) is 3.80. The van der Waals surface area contributed by atoms with Crippen molar-refractivity contribution < 1.29 is 9.47 Å². The van der Waals surface area contributed by atoms with Crippen LogP contribution in [-0.4, -0.2) is 18.8 Å². The molecule has 0 amide bonds. The number of rotatable bonds is 4. The molecule has 0 N–H and O–H groups in total. The third-order valence-electron chi connectivity index (χ3n) is 4.23. The predicted molar refractivity (Wildman–Crippen MR) is 90.8 cm³/mol. The number of benzene rings is 2. The van der Waals surface area contributed by atoms with Crippen LogP contribution in [0.4, 0.5) is 0 Å². The average molecular weight is 295 g/mol. The lowest BCUT2D eigenvalue weighted by molar-refractivity contribution is 0.415. The molecule has 0 saturated carbocycles. The van der Waals surface area contributed by atoms with Gasteiger partial charge in [0, 0.05) is 18.5 Å². The highest BCUT2D eigenvalue weighted by Gasteiger charge is 2.16. The van der Waals surface area contributed by atoms with Crippen molar-refractivity contribution >= 4 is 10.9 Å². The molecule has 3 rings (SSSR count). The Morgan fingerprint density at radius 1 is 0.909 bits per heavy atom. The van der Waals surface area contributed by atoms with E-state index in [9.17, 15) is 0 Å². The van der Waals surface area contributed by atoms with Gasteiger partial charge in [-0.05, 0) is 53.9 Å². The molecular weight excluding hydrogens is 274 g/mol. The Balaban J connectivity index is 2.25. The molecule has 22 heavy (non-hydrogen) atoms. The first-order chi connectivity index (χ1) is 10.7. The van der Waals surface area contributed by atoms with Crippen LogP contribution in [0.1, 0.15) is 12.5 Å². The number of aromatic nitrogens is 1. The molecule has 1 aromatic heterocycles. The van der Waals surface area contributed by atoms with Crippen LogP contribution >= 0.6 is 0 Å². The van der Waals surface area contributed by atoms with E-state index in [1.54, 1.807) is 14.2 Å². The maximum atomic E-state index is 5.37. The molecule has 3 aromatic rings. The molecule has 0 atom stereocenters. The number of aryl methyl sites for hydroxylation is 2. The van der Waals surface area contributed by atoms with Gasteiger partial charge in [0.05, 0.1) is 25.4 Å². The summed E-state index contributed by atoms with van der Waals surface area (Å²) in [6.45, 7) is 2.20. The van der Waals surface area contributed by atoms with Gasteiger partial charge < -0.3 is 14.0 Å². The van der Waals surface area contributed by atoms with Crippen LogP contribution in [0.5, 0.6) is 11.5 Å². The lowest BCUT2D eigenvalue weighted by atomic mass is 10.0. The van der Waals surface area contributed by atoms with Gasteiger partial charge in [0.15, 0.2) is 0 Å². The highest BCUT2D eigenvalue weighted by Crippen LogP contribution is 2.35. The van der Waals surface area contributed by atoms with Crippen molar-refractivity contribution in [1.82, 2.24) is 4.57 Å². The molecule has 1 heterocycles. The zero-order valence-corrected chi connectivity index (χ0v) is 13.5. The first-order valence-corrected chi connectivity index (χ1v) is 7.49. The molecule has 0 aliphatic carbocycles. The van der Waals surface area contributed by atoms with Crippen molar-refractivity contribution in [2.75, 3.05) is 14.2 Å². The highest BCUT2D eigenvalue weighted by atomic mass is 16.5. The minimum atomic E-state index is 0.877. The molecule has 0 unspecified atom stereocenters. The summed E-state index contributed by atoms with van der Waals surface area (Å²) in [6, 6.07) is 14.5. The lowest BCUT2D eigenvalue weighted by Crippen LogP contribution is -1.94. The monoisotopic (exact) mass is 295 g/mol. The normalized spacial score (nSPS) is 10.9. The van der Waals surface area contributed by atoms with E-state index in [1.807, 2.05) is 18.2 Å². The summed E-state index contributed by atoms with van der Waals surface area (Å²) >= 11 is 0. The molecule has 0 aliphatic rings. The zero-order chi connectivity index (χ0) is 15.7. The topological polar surface area (TPSA) is 23.4 Å². The van der Waals surface area contributed by atoms with Gasteiger partial charge in [0.2, 0.25) is 0 Å². The first kappa shape index (κ1) is 14.5. The van der Waals surface area contributed by atoms with E-state index in [1.165, 1.54) is 27.7 Å². The third kappa shape index (κ3) is 2.23. The fourth-order valence-electron chi connectivity index (χ4n) is 3.10. The van der Waals surface area contributed by atoms with Crippen LogP contribution in [-0.2, 0) is 13.5 Å². The molecule has 2 aromatic carbocycles. The SMILES string of the molecule is CCc1c(-c2ccc(OC)cc2)n(C)c2cc(OC)ccc12. The maximum absolute atomic E-state index is 5.37. The van der Waals surface area contributed by atoms with Crippen molar-refractivity contribution in [3.8, 4) is 22.8 Å². The van der Waals surface area contributed by atoms with E-state index in [4.69, 9.17) is 9.47 Å². The van der Waals surface area contributed by atoms with Crippen molar-refractivity contribution in [2.45, 2.75) is 13.3 Å². The summed E-state index contributed by atoms with van der Waals surface area (Å²) in [4.78, 5) is 0. The molecule has 3 heteroatoms. The fraction of sp³-hybridized carbons (Fsp3) is 0.263. The van der Waals surface area contributed by atoms with Gasteiger partial charge in [-0.2, -0.15) is 0 Å². The smallest absolute Gasteiger partial charge is 0.120 e. The van der Waals surface area contributed by atoms with Crippen molar-refractivity contribution in [1.29, 1.82) is 0 Å². The summed E-state index contributed by atoms with van der Waals surface area (Å²) in [7, 11) is 5.51. The van der Waals surface area contributed by atoms with Crippen LogP contribution in [0.3, 0.4) is 0 Å². The van der Waals surface area contributed by atoms with Crippen LogP contribution in [0.2, 0.25) is 0 Å². The zero-order valence-electron chi connectivity index (χ0n) is 13.5. The minimum absolute atomic E-state index is 0.877. The Hall–Kier alpha value is -2.42. The van der Waals surface area contributed by atoms with Gasteiger partial charge >= 0.3 is 0 Å². The maximum Gasteiger partial charge on any atom is 0.120 e. The van der Waals surface area contributed by atoms with E-state index in [2.05, 4.69) is 42.8 Å². The summed E-state index contributed by atoms with van der Waals surface area (Å²) in [5.74, 6) is 1.76. The number of fused-ring (bicyclic) bond motifs is 1. The summed E-state index contributed by atoms with van der Waals surface area (Å²) in [5, 5.41) is 1.29. The second kappa shape index (κ2) is 5.76. The predicted octanol–water partition coefficient (Wildman–Crippen LogP) is 4.42. The minimum Gasteiger partial charge on any atom is -0.497 e. The van der Waals surface area contributed by atoms with E-state index < -0.39 is 0 Å². The van der Waals surface area contributed by atoms with Crippen molar-refractivity contribution in [3.05, 3.63) is 48.0 Å². The lowest BCUT2D eigenvalue weighted by Gasteiger charge is -2.08. The number of nitrogens with zero attached hydrogens (tertiary/aromatic N) is 1. The Morgan fingerprint density at radius 2 is 1.55 bits per heavy atom. The second-order valence-electron chi connectivity index (χ2n) is 5.35. The van der Waals surface area contributed by atoms with Crippen LogP contribution in [0, 0.1) is 0 Å². The number of hydrogen-bond acceptors (Lipinski definition) is 2. The molecule has 114 valence electrons. The standard InChI is InChI=1S/C19H21NO2/c1-5-16-17-11-10-15(22-4)12-18(17)20(2)19(16)13-6-8-14(21-3)9-7-13/h6-12H,5H2,1-4H3. The summed E-state index contributed by atoms with van der Waals surface area (Å²) < 4.78 is 12.9. The number of hydrogen-bond donors (Lipinski definition) is 0. The molecular formula is C19H21NO2. The van der Waals surface area contributed by atoms with Crippen molar-refractivity contribution in [3.63, 3.8) is 0 Å². The van der Waals surface area contributed by atoms with Gasteiger partial charge in [-0.25, -0.2) is 0 Å². The quantitative estimate of drug-likeness (QED) is 0.711. The molecule has 0 radical (unpaired) electrons. The molecule has 0 aliphatic heterocycles. The van der Waals surface area contributed by atoms with Crippen LogP contribution in [0.15, 0.2) is 42.5 Å². The van der Waals surface area contributed by atoms with Gasteiger partial charge in [-0.1, -0.05) is 6.92 Å². The summed E-state index contributed by atoms with van der Waals surface area (Å²) in [6.07, 6.45) is 0.991. The summed E-state index contributed by atoms with van der Waals surface area (Å²) in [5.41, 5.74) is 5.02.